The van der Waals surface area contributed by atoms with E-state index in [0.29, 0.717) is 6.54 Å². The number of carbonyl (C=O) groups is 2. The quantitative estimate of drug-likeness (QED) is 0.354. The number of anilines is 1. The van der Waals surface area contributed by atoms with E-state index in [2.05, 4.69) is 5.32 Å². The van der Waals surface area contributed by atoms with E-state index >= 15 is 0 Å². The summed E-state index contributed by atoms with van der Waals surface area (Å²) in [6, 6.07) is 22.8. The van der Waals surface area contributed by atoms with Crippen molar-refractivity contribution in [2.45, 2.75) is 39.3 Å². The molecular formula is C29H34ClN3O4S. The molecule has 0 heterocycles. The number of aryl methyl sites for hydroxylation is 1. The number of sulfonamides is 1. The van der Waals surface area contributed by atoms with E-state index in [1.807, 2.05) is 68.4 Å². The predicted octanol–water partition coefficient (Wildman–Crippen LogP) is 4.58. The number of para-hydroxylation sites is 1. The van der Waals surface area contributed by atoms with E-state index in [4.69, 9.17) is 11.6 Å². The molecule has 3 aromatic carbocycles. The van der Waals surface area contributed by atoms with Crippen molar-refractivity contribution < 1.29 is 18.0 Å². The van der Waals surface area contributed by atoms with Crippen molar-refractivity contribution in [2.75, 3.05) is 23.7 Å². The van der Waals surface area contributed by atoms with Crippen molar-refractivity contribution in [3.8, 4) is 0 Å². The van der Waals surface area contributed by atoms with Crippen LogP contribution in [0.15, 0.2) is 78.9 Å². The van der Waals surface area contributed by atoms with Crippen LogP contribution in [0.1, 0.15) is 30.0 Å². The Morgan fingerprint density at radius 2 is 1.61 bits per heavy atom. The molecule has 1 unspecified atom stereocenters. The van der Waals surface area contributed by atoms with Crippen LogP contribution in [0, 0.1) is 6.92 Å². The SMILES string of the molecule is CCCNC(=O)C(Cc1ccccc1)N(Cc1cccc(C)c1)C(=O)CN(c1ccccc1Cl)S(C)(=O)=O. The highest BCUT2D eigenvalue weighted by Crippen LogP contribution is 2.27. The highest BCUT2D eigenvalue weighted by atomic mass is 35.5. The lowest BCUT2D eigenvalue weighted by atomic mass is 10.0. The molecule has 0 saturated carbocycles. The Bertz CT molecular complexity index is 1350. The van der Waals surface area contributed by atoms with Crippen molar-refractivity contribution in [1.29, 1.82) is 0 Å². The smallest absolute Gasteiger partial charge is 0.244 e. The van der Waals surface area contributed by atoms with Gasteiger partial charge < -0.3 is 10.2 Å². The summed E-state index contributed by atoms with van der Waals surface area (Å²) >= 11 is 6.32. The van der Waals surface area contributed by atoms with Crippen molar-refractivity contribution in [2.24, 2.45) is 0 Å². The van der Waals surface area contributed by atoms with Gasteiger partial charge in [-0.1, -0.05) is 90.8 Å². The monoisotopic (exact) mass is 555 g/mol. The zero-order chi connectivity index (χ0) is 27.7. The number of nitrogens with zero attached hydrogens (tertiary/aromatic N) is 2. The van der Waals surface area contributed by atoms with Crippen LogP contribution in [-0.4, -0.2) is 50.5 Å². The maximum atomic E-state index is 14.0. The molecular weight excluding hydrogens is 522 g/mol. The van der Waals surface area contributed by atoms with Gasteiger partial charge in [0.05, 0.1) is 17.0 Å². The van der Waals surface area contributed by atoms with E-state index in [9.17, 15) is 18.0 Å². The lowest BCUT2D eigenvalue weighted by Gasteiger charge is -2.33. The number of carbonyl (C=O) groups excluding carboxylic acids is 2. The summed E-state index contributed by atoms with van der Waals surface area (Å²) in [4.78, 5) is 28.9. The second kappa shape index (κ2) is 13.4. The van der Waals surface area contributed by atoms with E-state index < -0.39 is 28.5 Å². The minimum Gasteiger partial charge on any atom is -0.354 e. The number of nitrogens with one attached hydrogen (secondary N) is 1. The first-order valence-electron chi connectivity index (χ1n) is 12.5. The normalized spacial score (nSPS) is 12.0. The Morgan fingerprint density at radius 3 is 2.24 bits per heavy atom. The summed E-state index contributed by atoms with van der Waals surface area (Å²) in [5, 5.41) is 3.13. The van der Waals surface area contributed by atoms with Crippen LogP contribution in [-0.2, 0) is 32.6 Å². The number of hydrogen-bond donors (Lipinski definition) is 1. The molecule has 0 radical (unpaired) electrons. The fraction of sp³-hybridized carbons (Fsp3) is 0.310. The van der Waals surface area contributed by atoms with Crippen LogP contribution in [0.2, 0.25) is 5.02 Å². The van der Waals surface area contributed by atoms with Gasteiger partial charge in [0.15, 0.2) is 0 Å². The van der Waals surface area contributed by atoms with Crippen LogP contribution in [0.4, 0.5) is 5.69 Å². The van der Waals surface area contributed by atoms with Crippen molar-refractivity contribution in [3.63, 3.8) is 0 Å². The summed E-state index contributed by atoms with van der Waals surface area (Å²) < 4.78 is 26.6. The third kappa shape index (κ3) is 8.07. The Morgan fingerprint density at radius 1 is 0.947 bits per heavy atom. The first kappa shape index (κ1) is 29.2. The highest BCUT2D eigenvalue weighted by molar-refractivity contribution is 7.92. The molecule has 1 N–H and O–H groups in total. The third-order valence-electron chi connectivity index (χ3n) is 6.06. The Balaban J connectivity index is 2.05. The summed E-state index contributed by atoms with van der Waals surface area (Å²) in [7, 11) is -3.87. The second-order valence-electron chi connectivity index (χ2n) is 9.23. The molecule has 3 rings (SSSR count). The minimum absolute atomic E-state index is 0.137. The van der Waals surface area contributed by atoms with Gasteiger partial charge in [0.2, 0.25) is 21.8 Å². The molecule has 0 saturated heterocycles. The molecule has 7 nitrogen and oxygen atoms in total. The fourth-order valence-corrected chi connectivity index (χ4v) is 5.33. The minimum atomic E-state index is -3.87. The summed E-state index contributed by atoms with van der Waals surface area (Å²) in [5.74, 6) is -0.801. The van der Waals surface area contributed by atoms with Gasteiger partial charge in [0.25, 0.3) is 0 Å². The first-order chi connectivity index (χ1) is 18.1. The number of hydrogen-bond acceptors (Lipinski definition) is 4. The molecule has 1 atom stereocenters. The van der Waals surface area contributed by atoms with E-state index in [-0.39, 0.29) is 29.6 Å². The van der Waals surface area contributed by atoms with E-state index in [0.717, 1.165) is 33.7 Å². The number of rotatable bonds is 12. The molecule has 38 heavy (non-hydrogen) atoms. The molecule has 2 amide bonds. The third-order valence-corrected chi connectivity index (χ3v) is 7.50. The van der Waals surface area contributed by atoms with Gasteiger partial charge in [-0.25, -0.2) is 8.42 Å². The molecule has 0 bridgehead atoms. The molecule has 0 aliphatic carbocycles. The van der Waals surface area contributed by atoms with Crippen LogP contribution < -0.4 is 9.62 Å². The molecule has 0 spiro atoms. The van der Waals surface area contributed by atoms with E-state index in [1.165, 1.54) is 4.90 Å². The first-order valence-corrected chi connectivity index (χ1v) is 14.7. The van der Waals surface area contributed by atoms with Crippen molar-refractivity contribution in [3.05, 3.63) is 101 Å². The van der Waals surface area contributed by atoms with E-state index in [1.54, 1.807) is 24.3 Å². The van der Waals surface area contributed by atoms with Gasteiger partial charge in [-0.05, 0) is 36.6 Å². The van der Waals surface area contributed by atoms with Gasteiger partial charge in [-0.15, -0.1) is 0 Å². The zero-order valence-electron chi connectivity index (χ0n) is 21.9. The highest BCUT2D eigenvalue weighted by Gasteiger charge is 2.33. The van der Waals surface area contributed by atoms with Gasteiger partial charge >= 0.3 is 0 Å². The number of amides is 2. The van der Waals surface area contributed by atoms with Crippen molar-refractivity contribution in [1.82, 2.24) is 10.2 Å². The van der Waals surface area contributed by atoms with Crippen LogP contribution in [0.5, 0.6) is 0 Å². The summed E-state index contributed by atoms with van der Waals surface area (Å²) in [6.45, 7) is 4.01. The average Bonchev–Trinajstić information content (AvgIpc) is 2.88. The maximum absolute atomic E-state index is 14.0. The molecule has 202 valence electrons. The maximum Gasteiger partial charge on any atom is 0.244 e. The van der Waals surface area contributed by atoms with Gasteiger partial charge in [-0.3, -0.25) is 13.9 Å². The molecule has 0 aromatic heterocycles. The van der Waals surface area contributed by atoms with Gasteiger partial charge in [0.1, 0.15) is 12.6 Å². The Kier molecular flexibility index (Phi) is 10.3. The lowest BCUT2D eigenvalue weighted by molar-refractivity contribution is -0.140. The average molecular weight is 556 g/mol. The summed E-state index contributed by atoms with van der Waals surface area (Å²) in [6.07, 6.45) is 2.05. The Hall–Kier alpha value is -3.36. The van der Waals surface area contributed by atoms with Gasteiger partial charge in [-0.2, -0.15) is 0 Å². The summed E-state index contributed by atoms with van der Waals surface area (Å²) in [5.41, 5.74) is 2.94. The second-order valence-corrected chi connectivity index (χ2v) is 11.5. The number of halogens is 1. The molecule has 3 aromatic rings. The van der Waals surface area contributed by atoms with Crippen LogP contribution in [0.25, 0.3) is 0 Å². The van der Waals surface area contributed by atoms with Gasteiger partial charge in [0, 0.05) is 19.5 Å². The largest absolute Gasteiger partial charge is 0.354 e. The van der Waals surface area contributed by atoms with Crippen LogP contribution >= 0.6 is 11.6 Å². The number of benzene rings is 3. The zero-order valence-corrected chi connectivity index (χ0v) is 23.5. The van der Waals surface area contributed by atoms with Crippen molar-refractivity contribution >= 4 is 39.1 Å². The lowest BCUT2D eigenvalue weighted by Crippen LogP contribution is -2.53. The molecule has 0 aliphatic heterocycles. The molecule has 0 aliphatic rings. The predicted molar refractivity (Wildman–Crippen MR) is 153 cm³/mol. The van der Waals surface area contributed by atoms with Crippen LogP contribution in [0.3, 0.4) is 0 Å². The standard InChI is InChI=1S/C29H34ClN3O4S/c1-4-17-31-29(35)27(19-23-12-6-5-7-13-23)32(20-24-14-10-11-22(2)18-24)28(34)21-33(38(3,36)37)26-16-9-8-15-25(26)30/h5-16,18,27H,4,17,19-21H2,1-3H3,(H,31,35). The topological polar surface area (TPSA) is 86.8 Å². The Labute approximate surface area is 230 Å². The molecule has 0 fully saturated rings. The fourth-order valence-electron chi connectivity index (χ4n) is 4.18. The molecule has 9 heteroatoms.